The van der Waals surface area contributed by atoms with Gasteiger partial charge in [0, 0.05) is 17.3 Å². The van der Waals surface area contributed by atoms with Crippen molar-refractivity contribution in [1.29, 1.82) is 0 Å². The minimum absolute atomic E-state index is 0.00574. The minimum Gasteiger partial charge on any atom is -0.497 e. The van der Waals surface area contributed by atoms with Crippen LogP contribution in [-0.4, -0.2) is 39.6 Å². The summed E-state index contributed by atoms with van der Waals surface area (Å²) in [6.07, 6.45) is 0.900. The Labute approximate surface area is 175 Å². The van der Waals surface area contributed by atoms with Crippen LogP contribution in [0.2, 0.25) is 0 Å². The van der Waals surface area contributed by atoms with Gasteiger partial charge in [0.1, 0.15) is 5.75 Å². The molecule has 0 spiro atoms. The standard InChI is InChI=1S/C22H26N4O2S/c1-5-16(3)23-20(27)14-29-22-25-24-21(17-8-12-19(28-4)13-9-17)26(22)18-10-6-15(2)7-11-18/h6-13,16H,5,14H2,1-4H3,(H,23,27). The molecule has 3 rings (SSSR count). The van der Waals surface area contributed by atoms with E-state index in [1.54, 1.807) is 7.11 Å². The molecule has 0 saturated heterocycles. The number of hydrogen-bond acceptors (Lipinski definition) is 5. The molecule has 1 heterocycles. The smallest absolute Gasteiger partial charge is 0.230 e. The van der Waals surface area contributed by atoms with Crippen molar-refractivity contribution in [3.63, 3.8) is 0 Å². The number of thioether (sulfide) groups is 1. The van der Waals surface area contributed by atoms with E-state index >= 15 is 0 Å². The molecule has 2 aromatic carbocycles. The number of carbonyl (C=O) groups is 1. The molecule has 0 saturated carbocycles. The van der Waals surface area contributed by atoms with Gasteiger partial charge in [0.15, 0.2) is 11.0 Å². The predicted molar refractivity (Wildman–Crippen MR) is 117 cm³/mol. The topological polar surface area (TPSA) is 69.0 Å². The SMILES string of the molecule is CCC(C)NC(=O)CSc1nnc(-c2ccc(OC)cc2)n1-c1ccc(C)cc1. The van der Waals surface area contributed by atoms with E-state index in [0.29, 0.717) is 5.16 Å². The largest absolute Gasteiger partial charge is 0.497 e. The van der Waals surface area contributed by atoms with Crippen LogP contribution in [0.3, 0.4) is 0 Å². The minimum atomic E-state index is -0.00574. The van der Waals surface area contributed by atoms with Crippen LogP contribution in [0.1, 0.15) is 25.8 Å². The first-order chi connectivity index (χ1) is 14.0. The van der Waals surface area contributed by atoms with E-state index in [0.717, 1.165) is 29.2 Å². The fraction of sp³-hybridized carbons (Fsp3) is 0.318. The van der Waals surface area contributed by atoms with Crippen molar-refractivity contribution in [3.05, 3.63) is 54.1 Å². The van der Waals surface area contributed by atoms with Gasteiger partial charge in [-0.25, -0.2) is 0 Å². The third kappa shape index (κ3) is 5.17. The van der Waals surface area contributed by atoms with Crippen molar-refractivity contribution in [2.45, 2.75) is 38.4 Å². The highest BCUT2D eigenvalue weighted by molar-refractivity contribution is 7.99. The van der Waals surface area contributed by atoms with Gasteiger partial charge in [0.2, 0.25) is 5.91 Å². The van der Waals surface area contributed by atoms with Gasteiger partial charge in [-0.3, -0.25) is 9.36 Å². The van der Waals surface area contributed by atoms with E-state index in [9.17, 15) is 4.79 Å². The Kier molecular flexibility index (Phi) is 6.93. The quantitative estimate of drug-likeness (QED) is 0.562. The van der Waals surface area contributed by atoms with E-state index in [2.05, 4.69) is 34.6 Å². The lowest BCUT2D eigenvalue weighted by molar-refractivity contribution is -0.119. The van der Waals surface area contributed by atoms with E-state index in [1.165, 1.54) is 17.3 Å². The number of benzene rings is 2. The molecule has 0 aliphatic carbocycles. The van der Waals surface area contributed by atoms with Gasteiger partial charge in [-0.1, -0.05) is 36.4 Å². The molecule has 1 aromatic heterocycles. The Hall–Kier alpha value is -2.80. The fourth-order valence-corrected chi connectivity index (χ4v) is 3.53. The second kappa shape index (κ2) is 9.60. The Morgan fingerprint density at radius 3 is 2.45 bits per heavy atom. The van der Waals surface area contributed by atoms with Gasteiger partial charge in [-0.15, -0.1) is 10.2 Å². The van der Waals surface area contributed by atoms with Crippen LogP contribution in [0.25, 0.3) is 17.1 Å². The molecular weight excluding hydrogens is 384 g/mol. The molecule has 3 aromatic rings. The summed E-state index contributed by atoms with van der Waals surface area (Å²) in [5.74, 6) is 1.79. The van der Waals surface area contributed by atoms with Gasteiger partial charge in [-0.05, 0) is 56.7 Å². The van der Waals surface area contributed by atoms with E-state index in [-0.39, 0.29) is 17.7 Å². The number of hydrogen-bond donors (Lipinski definition) is 1. The number of carbonyl (C=O) groups excluding carboxylic acids is 1. The molecule has 1 unspecified atom stereocenters. The van der Waals surface area contributed by atoms with Crippen molar-refractivity contribution < 1.29 is 9.53 Å². The second-order valence-electron chi connectivity index (χ2n) is 6.87. The number of aromatic nitrogens is 3. The molecule has 6 nitrogen and oxygen atoms in total. The zero-order chi connectivity index (χ0) is 20.8. The van der Waals surface area contributed by atoms with Gasteiger partial charge in [0.25, 0.3) is 0 Å². The molecule has 29 heavy (non-hydrogen) atoms. The summed E-state index contributed by atoms with van der Waals surface area (Å²) < 4.78 is 7.24. The van der Waals surface area contributed by atoms with Crippen LogP contribution in [0.15, 0.2) is 53.7 Å². The van der Waals surface area contributed by atoms with Crippen LogP contribution >= 0.6 is 11.8 Å². The van der Waals surface area contributed by atoms with Crippen molar-refractivity contribution in [2.75, 3.05) is 12.9 Å². The molecule has 7 heteroatoms. The van der Waals surface area contributed by atoms with Crippen molar-refractivity contribution in [2.24, 2.45) is 0 Å². The maximum atomic E-state index is 12.2. The van der Waals surface area contributed by atoms with Crippen LogP contribution in [0.4, 0.5) is 0 Å². The number of nitrogens with one attached hydrogen (secondary N) is 1. The molecule has 1 N–H and O–H groups in total. The summed E-state index contributed by atoms with van der Waals surface area (Å²) in [6, 6.07) is 16.0. The molecule has 152 valence electrons. The Balaban J connectivity index is 1.92. The molecule has 0 aliphatic heterocycles. The van der Waals surface area contributed by atoms with Gasteiger partial charge in [0.05, 0.1) is 12.9 Å². The maximum Gasteiger partial charge on any atom is 0.230 e. The van der Waals surface area contributed by atoms with Crippen LogP contribution < -0.4 is 10.1 Å². The summed E-state index contributed by atoms with van der Waals surface area (Å²) >= 11 is 1.38. The van der Waals surface area contributed by atoms with E-state index in [4.69, 9.17) is 4.74 Å². The van der Waals surface area contributed by atoms with Crippen LogP contribution in [0.5, 0.6) is 5.75 Å². The first-order valence-corrected chi connectivity index (χ1v) is 10.6. The molecular formula is C22H26N4O2S. The average molecular weight is 411 g/mol. The number of rotatable bonds is 8. The van der Waals surface area contributed by atoms with Gasteiger partial charge < -0.3 is 10.1 Å². The maximum absolute atomic E-state index is 12.2. The number of ether oxygens (including phenoxy) is 1. The number of nitrogens with zero attached hydrogens (tertiary/aromatic N) is 3. The zero-order valence-corrected chi connectivity index (χ0v) is 18.0. The summed E-state index contributed by atoms with van der Waals surface area (Å²) in [6.45, 7) is 6.10. The molecule has 1 amide bonds. The lowest BCUT2D eigenvalue weighted by Gasteiger charge is -2.12. The van der Waals surface area contributed by atoms with Crippen LogP contribution in [0, 0.1) is 6.92 Å². The molecule has 0 bridgehead atoms. The van der Waals surface area contributed by atoms with Crippen molar-refractivity contribution >= 4 is 17.7 Å². The van der Waals surface area contributed by atoms with Crippen molar-refractivity contribution in [3.8, 4) is 22.8 Å². The third-order valence-corrected chi connectivity index (χ3v) is 5.55. The van der Waals surface area contributed by atoms with Gasteiger partial charge in [-0.2, -0.15) is 0 Å². The molecule has 0 fully saturated rings. The molecule has 0 aliphatic rings. The van der Waals surface area contributed by atoms with Gasteiger partial charge >= 0.3 is 0 Å². The first-order valence-electron chi connectivity index (χ1n) is 9.60. The normalized spacial score (nSPS) is 11.9. The Bertz CT molecular complexity index is 952. The average Bonchev–Trinajstić information content (AvgIpc) is 3.16. The summed E-state index contributed by atoms with van der Waals surface area (Å²) in [4.78, 5) is 12.2. The van der Waals surface area contributed by atoms with E-state index < -0.39 is 0 Å². The molecule has 1 atom stereocenters. The number of methoxy groups -OCH3 is 1. The highest BCUT2D eigenvalue weighted by Crippen LogP contribution is 2.29. The highest BCUT2D eigenvalue weighted by Gasteiger charge is 2.18. The Morgan fingerprint density at radius 1 is 1.14 bits per heavy atom. The highest BCUT2D eigenvalue weighted by atomic mass is 32.2. The fourth-order valence-electron chi connectivity index (χ4n) is 2.77. The lowest BCUT2D eigenvalue weighted by atomic mass is 10.2. The summed E-state index contributed by atoms with van der Waals surface area (Å²) in [7, 11) is 1.64. The third-order valence-electron chi connectivity index (χ3n) is 4.63. The zero-order valence-electron chi connectivity index (χ0n) is 17.2. The summed E-state index contributed by atoms with van der Waals surface area (Å²) in [5.41, 5.74) is 3.06. The Morgan fingerprint density at radius 2 is 1.83 bits per heavy atom. The number of aryl methyl sites for hydroxylation is 1. The lowest BCUT2D eigenvalue weighted by Crippen LogP contribution is -2.33. The monoisotopic (exact) mass is 410 g/mol. The van der Waals surface area contributed by atoms with Crippen LogP contribution in [-0.2, 0) is 4.79 Å². The van der Waals surface area contributed by atoms with Crippen molar-refractivity contribution in [1.82, 2.24) is 20.1 Å². The van der Waals surface area contributed by atoms with E-state index in [1.807, 2.05) is 54.8 Å². The molecule has 0 radical (unpaired) electrons. The predicted octanol–water partition coefficient (Wildman–Crippen LogP) is 4.26. The summed E-state index contributed by atoms with van der Waals surface area (Å²) in [5, 5.41) is 12.5. The second-order valence-corrected chi connectivity index (χ2v) is 7.81. The number of amides is 1. The first kappa shape index (κ1) is 20.9.